The van der Waals surface area contributed by atoms with E-state index in [1.165, 1.54) is 55.1 Å². The summed E-state index contributed by atoms with van der Waals surface area (Å²) in [4.78, 5) is 22.3. The second kappa shape index (κ2) is 10.3. The molecular formula is C18H23F6IN2O2. The van der Waals surface area contributed by atoms with E-state index in [-0.39, 0.29) is 18.4 Å². The number of hydrogen-bond acceptors (Lipinski definition) is 2. The second-order valence-electron chi connectivity index (χ2n) is 5.66. The zero-order valence-corrected chi connectivity index (χ0v) is 16.7. The van der Waals surface area contributed by atoms with E-state index in [0.29, 0.717) is 17.5 Å². The molecule has 0 amide bonds. The maximum Gasteiger partial charge on any atom is 0.417 e. The molecule has 2 heterocycles. The molecule has 0 aromatic carbocycles. The van der Waals surface area contributed by atoms with Crippen LogP contribution in [0.1, 0.15) is 37.4 Å². The predicted molar refractivity (Wildman–Crippen MR) is 109 cm³/mol. The van der Waals surface area contributed by atoms with Crippen molar-refractivity contribution in [2.75, 3.05) is 0 Å². The van der Waals surface area contributed by atoms with E-state index in [4.69, 9.17) is 0 Å². The smallest absolute Gasteiger partial charge is 0.316 e. The predicted octanol–water partition coefficient (Wildman–Crippen LogP) is 5.30. The summed E-state index contributed by atoms with van der Waals surface area (Å²) in [5.74, 6) is 0. The lowest BCUT2D eigenvalue weighted by Crippen LogP contribution is -2.26. The third-order valence-corrected chi connectivity index (χ3v) is 4.79. The minimum atomic E-state index is -4.46. The van der Waals surface area contributed by atoms with Gasteiger partial charge in [-0.3, -0.25) is 9.59 Å². The van der Waals surface area contributed by atoms with Crippen LogP contribution in [0.25, 0.3) is 0 Å². The van der Waals surface area contributed by atoms with Gasteiger partial charge in [0.15, 0.2) is 0 Å². The number of halogens is 7. The van der Waals surface area contributed by atoms with Crippen molar-refractivity contribution in [3.8, 4) is 0 Å². The third kappa shape index (κ3) is 7.19. The number of alkyl halides is 6. The zero-order chi connectivity index (χ0) is 21.3. The molecule has 29 heavy (non-hydrogen) atoms. The molecule has 166 valence electrons. The monoisotopic (exact) mass is 540 g/mol. The van der Waals surface area contributed by atoms with E-state index in [1.807, 2.05) is 0 Å². The first kappa shape index (κ1) is 29.4. The van der Waals surface area contributed by atoms with Crippen molar-refractivity contribution in [2.24, 2.45) is 14.1 Å². The average Bonchev–Trinajstić information content (AvgIpc) is 2.52. The molecule has 0 atom stereocenters. The lowest BCUT2D eigenvalue weighted by atomic mass is 10.2. The highest BCUT2D eigenvalue weighted by Gasteiger charge is 2.34. The van der Waals surface area contributed by atoms with Crippen LogP contribution in [-0.4, -0.2) is 9.13 Å². The van der Waals surface area contributed by atoms with E-state index in [0.717, 1.165) is 16.7 Å². The van der Waals surface area contributed by atoms with Crippen molar-refractivity contribution >= 4 is 22.6 Å². The number of aryl methyl sites for hydroxylation is 2. The van der Waals surface area contributed by atoms with Gasteiger partial charge in [-0.1, -0.05) is 14.9 Å². The Morgan fingerprint density at radius 1 is 0.793 bits per heavy atom. The minimum absolute atomic E-state index is 0. The average molecular weight is 540 g/mol. The fraction of sp³-hybridized carbons (Fsp3) is 0.444. The maximum atomic E-state index is 12.4. The van der Waals surface area contributed by atoms with Crippen LogP contribution < -0.4 is 11.1 Å². The van der Waals surface area contributed by atoms with Gasteiger partial charge in [0.1, 0.15) is 0 Å². The first-order valence-corrected chi connectivity index (χ1v) is 8.33. The van der Waals surface area contributed by atoms with Gasteiger partial charge in [-0.25, -0.2) is 0 Å². The molecule has 0 fully saturated rings. The Kier molecular flexibility index (Phi) is 10.4. The van der Waals surface area contributed by atoms with Gasteiger partial charge < -0.3 is 9.13 Å². The first-order valence-electron chi connectivity index (χ1n) is 7.25. The van der Waals surface area contributed by atoms with E-state index in [1.54, 1.807) is 0 Å². The van der Waals surface area contributed by atoms with Gasteiger partial charge in [-0.05, 0) is 48.6 Å². The number of rotatable bonds is 0. The van der Waals surface area contributed by atoms with Gasteiger partial charge in [0.2, 0.25) is 0 Å². The topological polar surface area (TPSA) is 44.0 Å². The van der Waals surface area contributed by atoms with Gasteiger partial charge >= 0.3 is 12.4 Å². The molecule has 11 heteroatoms. The Bertz CT molecular complexity index is 959. The van der Waals surface area contributed by atoms with Crippen molar-refractivity contribution < 1.29 is 26.3 Å². The Labute approximate surface area is 178 Å². The molecular weight excluding hydrogens is 517 g/mol. The van der Waals surface area contributed by atoms with Crippen LogP contribution in [-0.2, 0) is 26.4 Å². The second-order valence-corrected chi connectivity index (χ2v) is 6.73. The third-order valence-electron chi connectivity index (χ3n) is 3.75. The van der Waals surface area contributed by atoms with E-state index >= 15 is 0 Å². The lowest BCUT2D eigenvalue weighted by Gasteiger charge is -2.11. The summed E-state index contributed by atoms with van der Waals surface area (Å²) in [5.41, 5.74) is -2.43. The van der Waals surface area contributed by atoms with Gasteiger partial charge in [-0.15, -0.1) is 0 Å². The summed E-state index contributed by atoms with van der Waals surface area (Å²) in [6.45, 7) is 2.92. The van der Waals surface area contributed by atoms with Gasteiger partial charge in [0, 0.05) is 31.5 Å². The van der Waals surface area contributed by atoms with Crippen LogP contribution in [0.5, 0.6) is 0 Å². The fourth-order valence-corrected chi connectivity index (χ4v) is 2.75. The SMILES string of the molecule is C.C.Cc1cc(C(F)(F)F)c(I)c(=O)n1C.Cc1cc(C(F)(F)F)cc(=O)n1C. The number of aromatic nitrogens is 2. The summed E-state index contributed by atoms with van der Waals surface area (Å²) >= 11 is 1.42. The van der Waals surface area contributed by atoms with Crippen LogP contribution in [0, 0.1) is 17.4 Å². The van der Waals surface area contributed by atoms with Gasteiger partial charge in [-0.2, -0.15) is 26.3 Å². The molecule has 4 nitrogen and oxygen atoms in total. The molecule has 0 saturated carbocycles. The molecule has 0 aliphatic carbocycles. The molecule has 0 N–H and O–H groups in total. The summed E-state index contributed by atoms with van der Waals surface area (Å²) in [5, 5.41) is 0. The molecule has 0 aliphatic rings. The fourth-order valence-electron chi connectivity index (χ4n) is 1.93. The van der Waals surface area contributed by atoms with Crippen molar-refractivity contribution in [2.45, 2.75) is 41.1 Å². The minimum Gasteiger partial charge on any atom is -0.316 e. The summed E-state index contributed by atoms with van der Waals surface area (Å²) in [6, 6.07) is 2.51. The summed E-state index contributed by atoms with van der Waals surface area (Å²) < 4.78 is 75.6. The van der Waals surface area contributed by atoms with Crippen molar-refractivity contribution in [3.05, 3.63) is 65.0 Å². The molecule has 0 radical (unpaired) electrons. The van der Waals surface area contributed by atoms with Gasteiger partial charge in [0.25, 0.3) is 11.1 Å². The van der Waals surface area contributed by atoms with Crippen molar-refractivity contribution in [1.82, 2.24) is 9.13 Å². The highest BCUT2D eigenvalue weighted by atomic mass is 127. The van der Waals surface area contributed by atoms with Crippen LogP contribution in [0.4, 0.5) is 26.3 Å². The van der Waals surface area contributed by atoms with E-state index in [2.05, 4.69) is 0 Å². The Hall–Kier alpha value is -1.79. The Balaban J connectivity index is 0. The van der Waals surface area contributed by atoms with E-state index in [9.17, 15) is 35.9 Å². The highest BCUT2D eigenvalue weighted by Crippen LogP contribution is 2.31. The Morgan fingerprint density at radius 3 is 1.62 bits per heavy atom. The van der Waals surface area contributed by atoms with E-state index < -0.39 is 34.6 Å². The maximum absolute atomic E-state index is 12.4. The largest absolute Gasteiger partial charge is 0.417 e. The van der Waals surface area contributed by atoms with Crippen molar-refractivity contribution in [1.29, 1.82) is 0 Å². The lowest BCUT2D eigenvalue weighted by molar-refractivity contribution is -0.139. The first-order chi connectivity index (χ1) is 12.1. The Morgan fingerprint density at radius 2 is 1.24 bits per heavy atom. The molecule has 2 aromatic heterocycles. The number of nitrogens with zero attached hydrogens (tertiary/aromatic N) is 2. The van der Waals surface area contributed by atoms with Crippen LogP contribution in [0.3, 0.4) is 0 Å². The standard InChI is InChI=1S/C8H7F3INO.C8H8F3NO.2CH4/c1-4-3-5(8(9,10)11)6(12)7(14)13(4)2;1-5-3-6(8(9,10)11)4-7(13)12(5)2;;/h3H,1-2H3;3-4H,1-2H3;2*1H4. The molecule has 2 rings (SSSR count). The van der Waals surface area contributed by atoms with Gasteiger partial charge in [0.05, 0.1) is 14.7 Å². The summed E-state index contributed by atoms with van der Waals surface area (Å²) in [6.07, 6.45) is -8.91. The van der Waals surface area contributed by atoms with Crippen LogP contribution in [0.15, 0.2) is 27.8 Å². The molecule has 0 saturated heterocycles. The number of hydrogen-bond donors (Lipinski definition) is 0. The zero-order valence-electron chi connectivity index (χ0n) is 14.6. The van der Waals surface area contributed by atoms with Crippen LogP contribution >= 0.6 is 22.6 Å². The number of pyridine rings is 2. The quantitative estimate of drug-likeness (QED) is 0.337. The molecule has 0 bridgehead atoms. The van der Waals surface area contributed by atoms with Crippen LogP contribution in [0.2, 0.25) is 0 Å². The summed E-state index contributed by atoms with van der Waals surface area (Å²) in [7, 11) is 2.87. The molecule has 2 aromatic rings. The van der Waals surface area contributed by atoms with Crippen molar-refractivity contribution in [3.63, 3.8) is 0 Å². The molecule has 0 spiro atoms. The molecule has 0 aliphatic heterocycles. The molecule has 0 unspecified atom stereocenters. The highest BCUT2D eigenvalue weighted by molar-refractivity contribution is 14.1. The normalized spacial score (nSPS) is 11.0.